The Morgan fingerprint density at radius 1 is 1.24 bits per heavy atom. The Hall–Kier alpha value is -2.67. The molecule has 0 atom stereocenters. The first-order valence-corrected chi connectivity index (χ1v) is 9.08. The lowest BCUT2D eigenvalue weighted by molar-refractivity contribution is 0.823. The molecule has 2 heterocycles. The van der Waals surface area contributed by atoms with Crippen molar-refractivity contribution < 1.29 is 0 Å². The maximum absolute atomic E-state index is 4.68. The van der Waals surface area contributed by atoms with E-state index in [1.807, 2.05) is 12.1 Å². The fourth-order valence-electron chi connectivity index (χ4n) is 2.42. The highest BCUT2D eigenvalue weighted by atomic mass is 32.1. The van der Waals surface area contributed by atoms with Crippen molar-refractivity contribution in [2.24, 2.45) is 4.99 Å². The number of thiophene rings is 1. The lowest BCUT2D eigenvalue weighted by Crippen LogP contribution is -2.36. The molecule has 25 heavy (non-hydrogen) atoms. The third-order valence-electron chi connectivity index (χ3n) is 3.61. The number of nitrogens with one attached hydrogen (secondary N) is 3. The first-order chi connectivity index (χ1) is 12.2. The van der Waals surface area contributed by atoms with Crippen molar-refractivity contribution in [1.82, 2.24) is 25.8 Å². The number of rotatable bonds is 6. The van der Waals surface area contributed by atoms with E-state index in [0.717, 1.165) is 36.0 Å². The molecule has 3 N–H and O–H groups in total. The summed E-state index contributed by atoms with van der Waals surface area (Å²) in [6.45, 7) is 6.39. The Bertz CT molecular complexity index is 822. The summed E-state index contributed by atoms with van der Waals surface area (Å²) in [7, 11) is 0. The van der Waals surface area contributed by atoms with Crippen molar-refractivity contribution in [1.29, 1.82) is 0 Å². The van der Waals surface area contributed by atoms with E-state index in [9.17, 15) is 0 Å². The molecule has 3 rings (SSSR count). The summed E-state index contributed by atoms with van der Waals surface area (Å²) in [4.78, 5) is 11.5. The number of aryl methyl sites for hydroxylation is 1. The molecule has 6 nitrogen and oxygen atoms in total. The van der Waals surface area contributed by atoms with Gasteiger partial charge in [0.25, 0.3) is 0 Å². The minimum atomic E-state index is 0.598. The van der Waals surface area contributed by atoms with Crippen LogP contribution >= 0.6 is 11.3 Å². The van der Waals surface area contributed by atoms with E-state index >= 15 is 0 Å². The molecule has 0 saturated carbocycles. The summed E-state index contributed by atoms with van der Waals surface area (Å²) in [6, 6.07) is 12.5. The van der Waals surface area contributed by atoms with E-state index in [1.165, 1.54) is 16.1 Å². The Morgan fingerprint density at radius 2 is 2.16 bits per heavy atom. The molecule has 0 aliphatic carbocycles. The normalized spacial score (nSPS) is 11.5. The average Bonchev–Trinajstić information content (AvgIpc) is 3.29. The number of aromatic amines is 1. The summed E-state index contributed by atoms with van der Waals surface area (Å²) < 4.78 is 0. The van der Waals surface area contributed by atoms with Gasteiger partial charge in [0.2, 0.25) is 0 Å². The van der Waals surface area contributed by atoms with Crippen LogP contribution in [0.5, 0.6) is 0 Å². The van der Waals surface area contributed by atoms with Crippen LogP contribution in [0.15, 0.2) is 47.7 Å². The number of guanidine groups is 1. The first-order valence-electron chi connectivity index (χ1n) is 8.27. The molecule has 0 radical (unpaired) electrons. The number of hydrogen-bond acceptors (Lipinski definition) is 4. The molecule has 0 fully saturated rings. The molecule has 0 bridgehead atoms. The van der Waals surface area contributed by atoms with Gasteiger partial charge in [-0.3, -0.25) is 5.10 Å². The predicted octanol–water partition coefficient (Wildman–Crippen LogP) is 3.10. The molecule has 7 heteroatoms. The van der Waals surface area contributed by atoms with Gasteiger partial charge in [-0.15, -0.1) is 11.3 Å². The van der Waals surface area contributed by atoms with Crippen LogP contribution in [0.1, 0.15) is 22.2 Å². The van der Waals surface area contributed by atoms with Gasteiger partial charge in [0.1, 0.15) is 6.33 Å². The van der Waals surface area contributed by atoms with E-state index in [4.69, 9.17) is 0 Å². The summed E-state index contributed by atoms with van der Waals surface area (Å²) in [5, 5.41) is 13.5. The summed E-state index contributed by atoms with van der Waals surface area (Å²) in [6.07, 6.45) is 1.51. The van der Waals surface area contributed by atoms with E-state index < -0.39 is 0 Å². The molecule has 0 aliphatic heterocycles. The van der Waals surface area contributed by atoms with Crippen molar-refractivity contribution in [3.8, 4) is 11.4 Å². The summed E-state index contributed by atoms with van der Waals surface area (Å²) in [5.74, 6) is 1.59. The van der Waals surface area contributed by atoms with Crippen LogP contribution in [0.4, 0.5) is 0 Å². The van der Waals surface area contributed by atoms with Crippen LogP contribution in [0, 0.1) is 6.92 Å². The third-order valence-corrected chi connectivity index (χ3v) is 4.61. The fraction of sp³-hybridized carbons (Fsp3) is 0.278. The molecule has 0 spiro atoms. The topological polar surface area (TPSA) is 78.0 Å². The number of H-pyrrole nitrogens is 1. The zero-order valence-corrected chi connectivity index (χ0v) is 15.2. The number of benzene rings is 1. The Labute approximate surface area is 151 Å². The van der Waals surface area contributed by atoms with Gasteiger partial charge in [-0.2, -0.15) is 5.10 Å². The maximum Gasteiger partial charge on any atom is 0.191 e. The number of aromatic nitrogens is 3. The third kappa shape index (κ3) is 4.90. The van der Waals surface area contributed by atoms with Gasteiger partial charge in [0.05, 0.1) is 13.1 Å². The lowest BCUT2D eigenvalue weighted by atomic mass is 10.1. The molecular weight excluding hydrogens is 332 g/mol. The predicted molar refractivity (Wildman–Crippen MR) is 103 cm³/mol. The Balaban J connectivity index is 1.65. The summed E-state index contributed by atoms with van der Waals surface area (Å²) in [5.41, 5.74) is 2.13. The van der Waals surface area contributed by atoms with E-state index in [1.54, 1.807) is 11.3 Å². The van der Waals surface area contributed by atoms with Gasteiger partial charge in [-0.1, -0.05) is 18.2 Å². The molecule has 0 amide bonds. The van der Waals surface area contributed by atoms with Crippen LogP contribution in [0.3, 0.4) is 0 Å². The van der Waals surface area contributed by atoms with Crippen LogP contribution in [-0.4, -0.2) is 27.7 Å². The number of hydrogen-bond donors (Lipinski definition) is 3. The number of nitrogens with zero attached hydrogens (tertiary/aromatic N) is 3. The molecule has 0 saturated heterocycles. The van der Waals surface area contributed by atoms with Crippen molar-refractivity contribution in [3.63, 3.8) is 0 Å². The lowest BCUT2D eigenvalue weighted by Gasteiger charge is -2.10. The minimum Gasteiger partial charge on any atom is -0.357 e. The SMILES string of the molecule is CCNC(=NCc1cccc(-c2ncn[nH]2)c1)NCc1ccc(C)s1. The zero-order chi connectivity index (χ0) is 17.5. The van der Waals surface area contributed by atoms with Gasteiger partial charge in [-0.25, -0.2) is 9.98 Å². The Kier molecular flexibility index (Phi) is 5.79. The second-order valence-corrected chi connectivity index (χ2v) is 6.97. The van der Waals surface area contributed by atoms with Gasteiger partial charge < -0.3 is 10.6 Å². The highest BCUT2D eigenvalue weighted by Crippen LogP contribution is 2.16. The molecule has 130 valence electrons. The van der Waals surface area contributed by atoms with Crippen LogP contribution < -0.4 is 10.6 Å². The van der Waals surface area contributed by atoms with E-state index in [0.29, 0.717) is 6.54 Å². The van der Waals surface area contributed by atoms with E-state index in [-0.39, 0.29) is 0 Å². The molecule has 1 aromatic carbocycles. The molecule has 3 aromatic rings. The van der Waals surface area contributed by atoms with Crippen molar-refractivity contribution >= 4 is 17.3 Å². The van der Waals surface area contributed by atoms with Crippen LogP contribution in [0.25, 0.3) is 11.4 Å². The van der Waals surface area contributed by atoms with Crippen molar-refractivity contribution in [3.05, 3.63) is 58.0 Å². The van der Waals surface area contributed by atoms with Crippen LogP contribution in [0.2, 0.25) is 0 Å². The number of aliphatic imine (C=N–C) groups is 1. The fourth-order valence-corrected chi connectivity index (χ4v) is 3.25. The molecule has 2 aromatic heterocycles. The van der Waals surface area contributed by atoms with Crippen molar-refractivity contribution in [2.45, 2.75) is 26.9 Å². The van der Waals surface area contributed by atoms with Crippen LogP contribution in [-0.2, 0) is 13.1 Å². The van der Waals surface area contributed by atoms with Gasteiger partial charge in [0.15, 0.2) is 11.8 Å². The largest absolute Gasteiger partial charge is 0.357 e. The second kappa shape index (κ2) is 8.43. The Morgan fingerprint density at radius 3 is 2.88 bits per heavy atom. The molecular formula is C18H22N6S. The smallest absolute Gasteiger partial charge is 0.191 e. The second-order valence-electron chi connectivity index (χ2n) is 5.60. The zero-order valence-electron chi connectivity index (χ0n) is 14.4. The highest BCUT2D eigenvalue weighted by molar-refractivity contribution is 7.11. The molecule has 0 unspecified atom stereocenters. The van der Waals surface area contributed by atoms with E-state index in [2.05, 4.69) is 68.9 Å². The van der Waals surface area contributed by atoms with Crippen molar-refractivity contribution in [2.75, 3.05) is 6.54 Å². The van der Waals surface area contributed by atoms with Gasteiger partial charge in [-0.05, 0) is 37.6 Å². The average molecular weight is 354 g/mol. The summed E-state index contributed by atoms with van der Waals surface area (Å²) >= 11 is 1.80. The standard InChI is InChI=1S/C18H22N6S/c1-3-19-18(21-11-16-8-7-13(2)25-16)20-10-14-5-4-6-15(9-14)17-22-12-23-24-17/h4-9,12H,3,10-11H2,1-2H3,(H2,19,20,21)(H,22,23,24). The minimum absolute atomic E-state index is 0.598. The quantitative estimate of drug-likeness (QED) is 0.469. The molecule has 0 aliphatic rings. The maximum atomic E-state index is 4.68. The first kappa shape index (κ1) is 17.2. The monoisotopic (exact) mass is 354 g/mol. The van der Waals surface area contributed by atoms with Gasteiger partial charge >= 0.3 is 0 Å². The highest BCUT2D eigenvalue weighted by Gasteiger charge is 2.03. The van der Waals surface area contributed by atoms with Gasteiger partial charge in [0, 0.05) is 21.9 Å².